The van der Waals surface area contributed by atoms with E-state index in [1.54, 1.807) is 40.5 Å². The van der Waals surface area contributed by atoms with Crippen LogP contribution in [-0.2, 0) is 0 Å². The zero-order valence-corrected chi connectivity index (χ0v) is 17.9. The average molecular weight is 432 g/mol. The Hall–Kier alpha value is -3.78. The predicted octanol–water partition coefficient (Wildman–Crippen LogP) is 4.39. The lowest BCUT2D eigenvalue weighted by Crippen LogP contribution is -2.30. The van der Waals surface area contributed by atoms with E-state index in [1.807, 2.05) is 50.4 Å². The van der Waals surface area contributed by atoms with E-state index in [0.29, 0.717) is 22.0 Å². The van der Waals surface area contributed by atoms with Crippen LogP contribution in [0.1, 0.15) is 34.7 Å². The normalized spacial score (nSPS) is 10.8. The zero-order chi connectivity index (χ0) is 21.8. The lowest BCUT2D eigenvalue weighted by atomic mass is 10.2. The third kappa shape index (κ3) is 4.87. The molecular weight excluding hydrogens is 410 g/mol. The van der Waals surface area contributed by atoms with Crippen molar-refractivity contribution >= 4 is 28.8 Å². The molecule has 0 bridgehead atoms. The molecule has 0 fully saturated rings. The van der Waals surface area contributed by atoms with Crippen molar-refractivity contribution in [2.24, 2.45) is 0 Å². The van der Waals surface area contributed by atoms with Crippen molar-refractivity contribution in [3.05, 3.63) is 83.6 Å². The summed E-state index contributed by atoms with van der Waals surface area (Å²) in [5, 5.41) is 12.5. The van der Waals surface area contributed by atoms with Crippen LogP contribution in [0, 0.1) is 0 Å². The SMILES string of the molecule is CC(C)NC(=O)c1ccc(NC(=O)c2csc(-c3cnn(-c4ccccc4)c3)n2)cc1. The Kier molecular flexibility index (Phi) is 5.90. The molecule has 156 valence electrons. The molecule has 0 saturated heterocycles. The number of nitrogens with one attached hydrogen (secondary N) is 2. The maximum atomic E-state index is 12.6. The molecule has 0 aliphatic carbocycles. The summed E-state index contributed by atoms with van der Waals surface area (Å²) in [5.74, 6) is -0.453. The Morgan fingerprint density at radius 1 is 1.00 bits per heavy atom. The molecule has 0 aliphatic heterocycles. The molecule has 0 spiro atoms. The second-order valence-corrected chi connectivity index (χ2v) is 8.06. The summed E-state index contributed by atoms with van der Waals surface area (Å²) in [4.78, 5) is 29.1. The van der Waals surface area contributed by atoms with Gasteiger partial charge in [0.2, 0.25) is 0 Å². The van der Waals surface area contributed by atoms with Crippen LogP contribution in [0.15, 0.2) is 72.4 Å². The van der Waals surface area contributed by atoms with Crippen LogP contribution < -0.4 is 10.6 Å². The Balaban J connectivity index is 1.43. The molecule has 4 rings (SSSR count). The van der Waals surface area contributed by atoms with Crippen LogP contribution in [-0.4, -0.2) is 32.6 Å². The summed E-state index contributed by atoms with van der Waals surface area (Å²) in [5.41, 5.74) is 3.26. The van der Waals surface area contributed by atoms with Crippen LogP contribution >= 0.6 is 11.3 Å². The molecule has 2 aromatic heterocycles. The number of carbonyl (C=O) groups excluding carboxylic acids is 2. The molecule has 2 aromatic carbocycles. The lowest BCUT2D eigenvalue weighted by Gasteiger charge is -2.09. The number of amides is 2. The highest BCUT2D eigenvalue weighted by molar-refractivity contribution is 7.13. The maximum Gasteiger partial charge on any atom is 0.275 e. The molecule has 8 heteroatoms. The van der Waals surface area contributed by atoms with Crippen molar-refractivity contribution in [1.29, 1.82) is 0 Å². The van der Waals surface area contributed by atoms with Gasteiger partial charge in [-0.3, -0.25) is 9.59 Å². The first-order chi connectivity index (χ1) is 15.0. The number of rotatable bonds is 6. The number of para-hydroxylation sites is 1. The Morgan fingerprint density at radius 2 is 1.74 bits per heavy atom. The minimum atomic E-state index is -0.308. The molecular formula is C23H21N5O2S. The van der Waals surface area contributed by atoms with Gasteiger partial charge in [0.15, 0.2) is 0 Å². The Morgan fingerprint density at radius 3 is 2.45 bits per heavy atom. The largest absolute Gasteiger partial charge is 0.350 e. The van der Waals surface area contributed by atoms with Crippen LogP contribution in [0.25, 0.3) is 16.3 Å². The number of benzene rings is 2. The quantitative estimate of drug-likeness (QED) is 0.474. The second kappa shape index (κ2) is 8.93. The van der Waals surface area contributed by atoms with E-state index in [1.165, 1.54) is 11.3 Å². The molecule has 0 radical (unpaired) electrons. The van der Waals surface area contributed by atoms with E-state index < -0.39 is 0 Å². The highest BCUT2D eigenvalue weighted by Crippen LogP contribution is 2.24. The monoisotopic (exact) mass is 431 g/mol. The van der Waals surface area contributed by atoms with Gasteiger partial charge in [-0.15, -0.1) is 11.3 Å². The van der Waals surface area contributed by atoms with Crippen LogP contribution in [0.4, 0.5) is 5.69 Å². The fraction of sp³-hybridized carbons (Fsp3) is 0.130. The van der Waals surface area contributed by atoms with Crippen molar-refractivity contribution in [3.8, 4) is 16.3 Å². The fourth-order valence-corrected chi connectivity index (χ4v) is 3.69. The standard InChI is InChI=1S/C23H21N5O2S/c1-15(2)25-21(29)16-8-10-18(11-9-16)26-22(30)20-14-31-23(27-20)17-12-24-28(13-17)19-6-4-3-5-7-19/h3-15H,1-2H3,(H,25,29)(H,26,30). The van der Waals surface area contributed by atoms with Crippen LogP contribution in [0.3, 0.4) is 0 Å². The minimum Gasteiger partial charge on any atom is -0.350 e. The number of aromatic nitrogens is 3. The van der Waals surface area contributed by atoms with Gasteiger partial charge >= 0.3 is 0 Å². The summed E-state index contributed by atoms with van der Waals surface area (Å²) < 4.78 is 1.77. The van der Waals surface area contributed by atoms with Gasteiger partial charge in [0, 0.05) is 34.4 Å². The van der Waals surface area contributed by atoms with Gasteiger partial charge in [0.25, 0.3) is 11.8 Å². The third-order valence-corrected chi connectivity index (χ3v) is 5.30. The first-order valence-corrected chi connectivity index (χ1v) is 10.7. The van der Waals surface area contributed by atoms with E-state index in [9.17, 15) is 9.59 Å². The number of thiazole rings is 1. The van der Waals surface area contributed by atoms with Gasteiger partial charge in [-0.1, -0.05) is 18.2 Å². The number of hydrogen-bond acceptors (Lipinski definition) is 5. The number of anilines is 1. The van der Waals surface area contributed by atoms with Gasteiger partial charge in [-0.05, 0) is 50.2 Å². The van der Waals surface area contributed by atoms with Crippen molar-refractivity contribution < 1.29 is 9.59 Å². The van der Waals surface area contributed by atoms with Crippen molar-refractivity contribution in [3.63, 3.8) is 0 Å². The van der Waals surface area contributed by atoms with Crippen molar-refractivity contribution in [2.75, 3.05) is 5.32 Å². The minimum absolute atomic E-state index is 0.0607. The van der Waals surface area contributed by atoms with Gasteiger partial charge in [-0.25, -0.2) is 9.67 Å². The summed E-state index contributed by atoms with van der Waals surface area (Å²) in [6.45, 7) is 3.81. The molecule has 0 aliphatic rings. The first-order valence-electron chi connectivity index (χ1n) is 9.78. The van der Waals surface area contributed by atoms with Crippen LogP contribution in [0.5, 0.6) is 0 Å². The number of hydrogen-bond donors (Lipinski definition) is 2. The van der Waals surface area contributed by atoms with E-state index in [2.05, 4.69) is 20.7 Å². The first kappa shape index (κ1) is 20.5. The van der Waals surface area contributed by atoms with E-state index in [4.69, 9.17) is 0 Å². The van der Waals surface area contributed by atoms with Crippen molar-refractivity contribution in [2.45, 2.75) is 19.9 Å². The summed E-state index contributed by atoms with van der Waals surface area (Å²) >= 11 is 1.38. The summed E-state index contributed by atoms with van der Waals surface area (Å²) in [7, 11) is 0. The molecule has 2 N–H and O–H groups in total. The highest BCUT2D eigenvalue weighted by Gasteiger charge is 2.14. The highest BCUT2D eigenvalue weighted by atomic mass is 32.1. The zero-order valence-electron chi connectivity index (χ0n) is 17.1. The molecule has 7 nitrogen and oxygen atoms in total. The van der Waals surface area contributed by atoms with Crippen molar-refractivity contribution in [1.82, 2.24) is 20.1 Å². The third-order valence-electron chi connectivity index (χ3n) is 4.41. The Bertz CT molecular complexity index is 1200. The van der Waals surface area contributed by atoms with E-state index >= 15 is 0 Å². The molecule has 0 unspecified atom stereocenters. The Labute approximate surface area is 183 Å². The maximum absolute atomic E-state index is 12.6. The van der Waals surface area contributed by atoms with Gasteiger partial charge < -0.3 is 10.6 Å². The van der Waals surface area contributed by atoms with E-state index in [-0.39, 0.29) is 17.9 Å². The molecule has 2 heterocycles. The second-order valence-electron chi connectivity index (χ2n) is 7.21. The lowest BCUT2D eigenvalue weighted by molar-refractivity contribution is 0.0942. The van der Waals surface area contributed by atoms with Gasteiger partial charge in [0.1, 0.15) is 10.7 Å². The smallest absolute Gasteiger partial charge is 0.275 e. The summed E-state index contributed by atoms with van der Waals surface area (Å²) in [6, 6.07) is 16.6. The molecule has 0 atom stereocenters. The summed E-state index contributed by atoms with van der Waals surface area (Å²) in [6.07, 6.45) is 3.62. The van der Waals surface area contributed by atoms with Crippen LogP contribution in [0.2, 0.25) is 0 Å². The number of carbonyl (C=O) groups is 2. The molecule has 0 saturated carbocycles. The molecule has 4 aromatic rings. The van der Waals surface area contributed by atoms with Gasteiger partial charge in [0.05, 0.1) is 11.9 Å². The van der Waals surface area contributed by atoms with Gasteiger partial charge in [-0.2, -0.15) is 5.10 Å². The molecule has 2 amide bonds. The molecule has 31 heavy (non-hydrogen) atoms. The average Bonchev–Trinajstić information content (AvgIpc) is 3.44. The fourth-order valence-electron chi connectivity index (χ4n) is 2.91. The number of nitrogens with zero attached hydrogens (tertiary/aromatic N) is 3. The topological polar surface area (TPSA) is 88.9 Å². The van der Waals surface area contributed by atoms with E-state index in [0.717, 1.165) is 11.3 Å². The predicted molar refractivity (Wildman–Crippen MR) is 122 cm³/mol.